The van der Waals surface area contributed by atoms with E-state index in [9.17, 15) is 4.79 Å². The number of aliphatic hydroxyl groups excluding tert-OH is 1. The van der Waals surface area contributed by atoms with E-state index in [1.807, 2.05) is 0 Å². The molecular formula is C7H15NO3. The molecule has 11 heavy (non-hydrogen) atoms. The molecule has 0 rings (SSSR count). The molecule has 0 aromatic heterocycles. The topological polar surface area (TPSA) is 60.8 Å². The molecule has 0 aromatic carbocycles. The van der Waals surface area contributed by atoms with Gasteiger partial charge in [-0.25, -0.2) is 0 Å². The van der Waals surface area contributed by atoms with E-state index in [0.717, 1.165) is 0 Å². The number of carboxylic acid groups (broad SMARTS) is 1. The Morgan fingerprint density at radius 1 is 1.55 bits per heavy atom. The van der Waals surface area contributed by atoms with Crippen molar-refractivity contribution in [2.24, 2.45) is 0 Å². The van der Waals surface area contributed by atoms with Crippen LogP contribution in [0.3, 0.4) is 0 Å². The Balaban J connectivity index is 4.00. The number of likely N-dealkylation sites (N-methyl/N-ethyl adjacent to an activating group) is 1. The van der Waals surface area contributed by atoms with Gasteiger partial charge in [0.05, 0.1) is 6.61 Å². The van der Waals surface area contributed by atoms with Gasteiger partial charge < -0.3 is 10.2 Å². The molecule has 2 N–H and O–H groups in total. The van der Waals surface area contributed by atoms with Gasteiger partial charge >= 0.3 is 5.97 Å². The number of hydrogen-bond acceptors (Lipinski definition) is 3. The van der Waals surface area contributed by atoms with E-state index in [-0.39, 0.29) is 12.6 Å². The van der Waals surface area contributed by atoms with Crippen LogP contribution >= 0.6 is 0 Å². The van der Waals surface area contributed by atoms with Crippen LogP contribution in [0.25, 0.3) is 0 Å². The minimum atomic E-state index is -0.868. The molecule has 4 heteroatoms. The van der Waals surface area contributed by atoms with E-state index >= 15 is 0 Å². The van der Waals surface area contributed by atoms with Gasteiger partial charge in [-0.3, -0.25) is 9.69 Å². The summed E-state index contributed by atoms with van der Waals surface area (Å²) in [6.07, 6.45) is 0. The molecule has 0 saturated heterocycles. The highest BCUT2D eigenvalue weighted by Crippen LogP contribution is 2.01. The number of nitrogens with zero attached hydrogens (tertiary/aromatic N) is 1. The van der Waals surface area contributed by atoms with Crippen molar-refractivity contribution in [3.05, 3.63) is 0 Å². The van der Waals surface area contributed by atoms with Crippen LogP contribution in [0, 0.1) is 0 Å². The van der Waals surface area contributed by atoms with Crippen LogP contribution in [-0.2, 0) is 4.79 Å². The number of carboxylic acids is 1. The standard InChI is InChI=1S/C7H15NO3/c1-5(4-9)8(3)6(2)7(10)11/h5-6,9H,4H2,1-3H3,(H,10,11). The van der Waals surface area contributed by atoms with E-state index < -0.39 is 12.0 Å². The maximum absolute atomic E-state index is 10.4. The van der Waals surface area contributed by atoms with Gasteiger partial charge in [0.25, 0.3) is 0 Å². The molecule has 0 aliphatic carbocycles. The third-order valence-electron chi connectivity index (χ3n) is 1.93. The monoisotopic (exact) mass is 161 g/mol. The minimum absolute atomic E-state index is 0.0197. The van der Waals surface area contributed by atoms with Crippen molar-refractivity contribution in [3.63, 3.8) is 0 Å². The summed E-state index contributed by atoms with van der Waals surface area (Å²) in [6.45, 7) is 3.35. The zero-order chi connectivity index (χ0) is 9.02. The fourth-order valence-corrected chi connectivity index (χ4v) is 0.685. The van der Waals surface area contributed by atoms with E-state index in [1.165, 1.54) is 0 Å². The summed E-state index contributed by atoms with van der Waals surface area (Å²) in [5.74, 6) is -0.868. The first-order chi connectivity index (χ1) is 5.00. The largest absolute Gasteiger partial charge is 0.480 e. The second kappa shape index (κ2) is 4.31. The van der Waals surface area contributed by atoms with Crippen LogP contribution in [0.1, 0.15) is 13.8 Å². The van der Waals surface area contributed by atoms with Crippen molar-refractivity contribution in [1.29, 1.82) is 0 Å². The van der Waals surface area contributed by atoms with Crippen LogP contribution in [0.4, 0.5) is 0 Å². The average molecular weight is 161 g/mol. The lowest BCUT2D eigenvalue weighted by molar-refractivity contribution is -0.143. The highest BCUT2D eigenvalue weighted by Gasteiger charge is 2.20. The van der Waals surface area contributed by atoms with Crippen molar-refractivity contribution < 1.29 is 15.0 Å². The van der Waals surface area contributed by atoms with E-state index in [1.54, 1.807) is 25.8 Å². The van der Waals surface area contributed by atoms with Crippen LogP contribution in [-0.4, -0.2) is 46.8 Å². The molecule has 0 saturated carbocycles. The summed E-state index contributed by atoms with van der Waals surface area (Å²) in [5.41, 5.74) is 0. The Kier molecular flexibility index (Phi) is 4.07. The molecule has 0 fully saturated rings. The first kappa shape index (κ1) is 10.4. The summed E-state index contributed by atoms with van der Waals surface area (Å²) in [6, 6.07) is -0.654. The fourth-order valence-electron chi connectivity index (χ4n) is 0.685. The molecule has 66 valence electrons. The van der Waals surface area contributed by atoms with Crippen LogP contribution in [0.5, 0.6) is 0 Å². The molecule has 4 nitrogen and oxygen atoms in total. The average Bonchev–Trinajstić information content (AvgIpc) is 2.00. The molecule has 0 bridgehead atoms. The summed E-state index contributed by atoms with van der Waals surface area (Å²) < 4.78 is 0. The lowest BCUT2D eigenvalue weighted by Crippen LogP contribution is -2.43. The van der Waals surface area contributed by atoms with Gasteiger partial charge in [0.1, 0.15) is 6.04 Å². The molecule has 2 unspecified atom stereocenters. The number of carbonyl (C=O) groups is 1. The predicted molar refractivity (Wildman–Crippen MR) is 41.4 cm³/mol. The van der Waals surface area contributed by atoms with Crippen molar-refractivity contribution in [2.45, 2.75) is 25.9 Å². The zero-order valence-electron chi connectivity index (χ0n) is 7.11. The Bertz CT molecular complexity index is 138. The lowest BCUT2D eigenvalue weighted by atomic mass is 10.2. The van der Waals surface area contributed by atoms with Crippen molar-refractivity contribution in [3.8, 4) is 0 Å². The highest BCUT2D eigenvalue weighted by atomic mass is 16.4. The first-order valence-corrected chi connectivity index (χ1v) is 3.56. The van der Waals surface area contributed by atoms with E-state index in [2.05, 4.69) is 0 Å². The van der Waals surface area contributed by atoms with Gasteiger partial charge in [-0.05, 0) is 20.9 Å². The minimum Gasteiger partial charge on any atom is -0.480 e. The third kappa shape index (κ3) is 2.86. The SMILES string of the molecule is CC(CO)N(C)C(C)C(=O)O. The van der Waals surface area contributed by atoms with Gasteiger partial charge in [-0.15, -0.1) is 0 Å². The molecule has 0 aliphatic heterocycles. The molecule has 0 heterocycles. The van der Waals surface area contributed by atoms with Gasteiger partial charge in [0.2, 0.25) is 0 Å². The molecular weight excluding hydrogens is 146 g/mol. The maximum atomic E-state index is 10.4. The van der Waals surface area contributed by atoms with Gasteiger partial charge in [-0.1, -0.05) is 0 Å². The molecule has 0 amide bonds. The summed E-state index contributed by atoms with van der Waals surface area (Å²) in [7, 11) is 1.68. The Morgan fingerprint density at radius 3 is 2.27 bits per heavy atom. The maximum Gasteiger partial charge on any atom is 0.320 e. The first-order valence-electron chi connectivity index (χ1n) is 3.56. The molecule has 0 aliphatic rings. The van der Waals surface area contributed by atoms with Crippen LogP contribution in [0.2, 0.25) is 0 Å². The van der Waals surface area contributed by atoms with Crippen LogP contribution < -0.4 is 0 Å². The fraction of sp³-hybridized carbons (Fsp3) is 0.857. The van der Waals surface area contributed by atoms with Gasteiger partial charge in [-0.2, -0.15) is 0 Å². The summed E-state index contributed by atoms with van der Waals surface area (Å²) in [4.78, 5) is 12.1. The number of aliphatic hydroxyl groups is 1. The second-order valence-electron chi connectivity index (χ2n) is 2.71. The number of rotatable bonds is 4. The third-order valence-corrected chi connectivity index (χ3v) is 1.93. The van der Waals surface area contributed by atoms with Gasteiger partial charge in [0.15, 0.2) is 0 Å². The van der Waals surface area contributed by atoms with Crippen molar-refractivity contribution >= 4 is 5.97 Å². The zero-order valence-corrected chi connectivity index (χ0v) is 7.11. The summed E-state index contributed by atoms with van der Waals surface area (Å²) in [5, 5.41) is 17.3. The smallest absolute Gasteiger partial charge is 0.320 e. The lowest BCUT2D eigenvalue weighted by Gasteiger charge is -2.26. The summed E-state index contributed by atoms with van der Waals surface area (Å²) >= 11 is 0. The number of aliphatic carboxylic acids is 1. The highest BCUT2D eigenvalue weighted by molar-refractivity contribution is 5.72. The molecule has 0 radical (unpaired) electrons. The molecule has 2 atom stereocenters. The van der Waals surface area contributed by atoms with Crippen LogP contribution in [0.15, 0.2) is 0 Å². The van der Waals surface area contributed by atoms with E-state index in [4.69, 9.17) is 10.2 Å². The molecule has 0 spiro atoms. The van der Waals surface area contributed by atoms with Crippen molar-refractivity contribution in [2.75, 3.05) is 13.7 Å². The Hall–Kier alpha value is -0.610. The quantitative estimate of drug-likeness (QED) is 0.598. The number of hydrogen-bond donors (Lipinski definition) is 2. The van der Waals surface area contributed by atoms with Crippen molar-refractivity contribution in [1.82, 2.24) is 4.90 Å². The predicted octanol–water partition coefficient (Wildman–Crippen LogP) is -0.228. The normalized spacial score (nSPS) is 16.5. The second-order valence-corrected chi connectivity index (χ2v) is 2.71. The Morgan fingerprint density at radius 2 is 2.00 bits per heavy atom. The van der Waals surface area contributed by atoms with Gasteiger partial charge in [0, 0.05) is 6.04 Å². The van der Waals surface area contributed by atoms with E-state index in [0.29, 0.717) is 0 Å². The Labute approximate surface area is 66.4 Å². The molecule has 0 aromatic rings.